The Labute approximate surface area is 189 Å². The Morgan fingerprint density at radius 2 is 1.94 bits per heavy atom. The van der Waals surface area contributed by atoms with Gasteiger partial charge in [-0.3, -0.25) is 4.79 Å². The Kier molecular flexibility index (Phi) is 6.19. The molecular formula is C25H30N6O. The Morgan fingerprint density at radius 1 is 1.16 bits per heavy atom. The van der Waals surface area contributed by atoms with Crippen LogP contribution in [0.1, 0.15) is 35.0 Å². The number of hydrogen-bond acceptors (Lipinski definition) is 6. The lowest BCUT2D eigenvalue weighted by Gasteiger charge is -2.21. The van der Waals surface area contributed by atoms with E-state index in [4.69, 9.17) is 5.73 Å². The molecule has 1 saturated heterocycles. The fourth-order valence-corrected chi connectivity index (χ4v) is 4.33. The first-order chi connectivity index (χ1) is 15.4. The largest absolute Gasteiger partial charge is 0.384 e. The Morgan fingerprint density at radius 3 is 2.56 bits per heavy atom. The van der Waals surface area contributed by atoms with E-state index in [2.05, 4.69) is 40.9 Å². The summed E-state index contributed by atoms with van der Waals surface area (Å²) in [4.78, 5) is 30.7. The third-order valence-electron chi connectivity index (χ3n) is 6.25. The summed E-state index contributed by atoms with van der Waals surface area (Å²) in [5.41, 5.74) is 12.1. The van der Waals surface area contributed by atoms with Gasteiger partial charge in [-0.05, 0) is 63.7 Å². The summed E-state index contributed by atoms with van der Waals surface area (Å²) < 4.78 is 0. The van der Waals surface area contributed by atoms with Crippen LogP contribution in [0.2, 0.25) is 0 Å². The molecule has 7 heteroatoms. The van der Waals surface area contributed by atoms with Crippen molar-refractivity contribution in [2.75, 3.05) is 32.9 Å². The number of nitrogens with zero attached hydrogens (tertiary/aromatic N) is 5. The van der Waals surface area contributed by atoms with Gasteiger partial charge in [0.25, 0.3) is 5.91 Å². The SMILES string of the molecule is CCc1ncnc(-c2ccc(C(=O)N3CCC(N(C)C)C3)c(C)c2)c1-c1ccc(N)nc1. The van der Waals surface area contributed by atoms with Crippen LogP contribution in [0, 0.1) is 6.92 Å². The highest BCUT2D eigenvalue weighted by Crippen LogP contribution is 2.33. The predicted molar refractivity (Wildman–Crippen MR) is 127 cm³/mol. The van der Waals surface area contributed by atoms with Gasteiger partial charge in [-0.25, -0.2) is 15.0 Å². The maximum Gasteiger partial charge on any atom is 0.254 e. The van der Waals surface area contributed by atoms with Gasteiger partial charge in [0.05, 0.1) is 11.4 Å². The number of amides is 1. The Hall–Kier alpha value is -3.32. The van der Waals surface area contributed by atoms with E-state index in [-0.39, 0.29) is 5.91 Å². The molecule has 0 spiro atoms. The van der Waals surface area contributed by atoms with Gasteiger partial charge in [0.2, 0.25) is 0 Å². The highest BCUT2D eigenvalue weighted by atomic mass is 16.2. The molecule has 166 valence electrons. The third-order valence-corrected chi connectivity index (χ3v) is 6.25. The number of likely N-dealkylation sites (tertiary alicyclic amines) is 1. The second kappa shape index (κ2) is 9.04. The first-order valence-corrected chi connectivity index (χ1v) is 11.0. The first-order valence-electron chi connectivity index (χ1n) is 11.0. The second-order valence-corrected chi connectivity index (χ2v) is 8.56. The third kappa shape index (κ3) is 4.21. The maximum atomic E-state index is 13.2. The van der Waals surface area contributed by atoms with Crippen molar-refractivity contribution in [3.05, 3.63) is 59.7 Å². The lowest BCUT2D eigenvalue weighted by atomic mass is 9.95. The predicted octanol–water partition coefficient (Wildman–Crippen LogP) is 3.43. The molecule has 1 aliphatic rings. The quantitative estimate of drug-likeness (QED) is 0.667. The number of pyridine rings is 1. The van der Waals surface area contributed by atoms with E-state index >= 15 is 0 Å². The Balaban J connectivity index is 1.69. The normalized spacial score (nSPS) is 16.0. The van der Waals surface area contributed by atoms with Crippen LogP contribution in [-0.4, -0.2) is 63.9 Å². The second-order valence-electron chi connectivity index (χ2n) is 8.56. The van der Waals surface area contributed by atoms with Crippen LogP contribution in [0.4, 0.5) is 5.82 Å². The van der Waals surface area contributed by atoms with E-state index in [0.717, 1.165) is 65.1 Å². The average molecular weight is 431 g/mol. The molecule has 0 radical (unpaired) electrons. The van der Waals surface area contributed by atoms with Gasteiger partial charge in [0, 0.05) is 47.6 Å². The lowest BCUT2D eigenvalue weighted by molar-refractivity contribution is 0.0782. The molecule has 0 aliphatic carbocycles. The number of nitrogen functional groups attached to an aromatic ring is 1. The van der Waals surface area contributed by atoms with Gasteiger partial charge in [-0.2, -0.15) is 0 Å². The molecular weight excluding hydrogens is 400 g/mol. The highest BCUT2D eigenvalue weighted by Gasteiger charge is 2.29. The van der Waals surface area contributed by atoms with E-state index in [1.165, 1.54) is 0 Å². The zero-order valence-electron chi connectivity index (χ0n) is 19.2. The fraction of sp³-hybridized carbons (Fsp3) is 0.360. The average Bonchev–Trinajstić information content (AvgIpc) is 3.29. The summed E-state index contributed by atoms with van der Waals surface area (Å²) in [6.07, 6.45) is 5.14. The fourth-order valence-electron chi connectivity index (χ4n) is 4.33. The summed E-state index contributed by atoms with van der Waals surface area (Å²) in [7, 11) is 4.14. The van der Waals surface area contributed by atoms with Crippen molar-refractivity contribution in [1.29, 1.82) is 0 Å². The molecule has 1 aliphatic heterocycles. The molecule has 1 amide bonds. The number of nitrogens with two attached hydrogens (primary N) is 1. The lowest BCUT2D eigenvalue weighted by Crippen LogP contribution is -2.34. The summed E-state index contributed by atoms with van der Waals surface area (Å²) in [6.45, 7) is 5.63. The van der Waals surface area contributed by atoms with Gasteiger partial charge < -0.3 is 15.5 Å². The number of benzene rings is 1. The smallest absolute Gasteiger partial charge is 0.254 e. The van der Waals surface area contributed by atoms with Gasteiger partial charge in [-0.15, -0.1) is 0 Å². The molecule has 1 fully saturated rings. The molecule has 0 saturated carbocycles. The molecule has 1 aromatic carbocycles. The zero-order chi connectivity index (χ0) is 22.8. The van der Waals surface area contributed by atoms with Crippen molar-refractivity contribution in [2.45, 2.75) is 32.7 Å². The summed E-state index contributed by atoms with van der Waals surface area (Å²) in [5.74, 6) is 0.570. The van der Waals surface area contributed by atoms with Crippen LogP contribution in [-0.2, 0) is 6.42 Å². The maximum absolute atomic E-state index is 13.2. The van der Waals surface area contributed by atoms with Crippen molar-refractivity contribution in [3.63, 3.8) is 0 Å². The number of hydrogen-bond donors (Lipinski definition) is 1. The molecule has 3 heterocycles. The molecule has 7 nitrogen and oxygen atoms in total. The molecule has 0 bridgehead atoms. The van der Waals surface area contributed by atoms with Crippen LogP contribution in [0.5, 0.6) is 0 Å². The standard InChI is InChI=1S/C25H30N6O/c1-5-21-23(18-7-9-22(26)27-13-18)24(29-15-28-21)17-6-8-20(16(2)12-17)25(32)31-11-10-19(14-31)30(3)4/h6-9,12-13,15,19H,5,10-11,14H2,1-4H3,(H2,26,27). The monoisotopic (exact) mass is 430 g/mol. The number of aryl methyl sites for hydroxylation is 2. The number of rotatable bonds is 5. The zero-order valence-corrected chi connectivity index (χ0v) is 19.2. The molecule has 1 unspecified atom stereocenters. The van der Waals surface area contributed by atoms with Crippen LogP contribution in [0.3, 0.4) is 0 Å². The molecule has 3 aromatic rings. The molecule has 1 atom stereocenters. The van der Waals surface area contributed by atoms with E-state index in [9.17, 15) is 4.79 Å². The molecule has 2 N–H and O–H groups in total. The van der Waals surface area contributed by atoms with Gasteiger partial charge in [0.15, 0.2) is 0 Å². The number of anilines is 1. The highest BCUT2D eigenvalue weighted by molar-refractivity contribution is 5.96. The minimum atomic E-state index is 0.0956. The minimum absolute atomic E-state index is 0.0956. The van der Waals surface area contributed by atoms with E-state index in [0.29, 0.717) is 11.9 Å². The van der Waals surface area contributed by atoms with Crippen LogP contribution in [0.25, 0.3) is 22.4 Å². The number of carbonyl (C=O) groups is 1. The summed E-state index contributed by atoms with van der Waals surface area (Å²) in [5, 5.41) is 0. The van der Waals surface area contributed by atoms with Crippen LogP contribution in [0.15, 0.2) is 42.9 Å². The van der Waals surface area contributed by atoms with E-state index in [1.54, 1.807) is 18.6 Å². The molecule has 4 rings (SSSR count). The van der Waals surface area contributed by atoms with Crippen LogP contribution >= 0.6 is 0 Å². The number of likely N-dealkylation sites (N-methyl/N-ethyl adjacent to an activating group) is 1. The van der Waals surface area contributed by atoms with E-state index < -0.39 is 0 Å². The van der Waals surface area contributed by atoms with Gasteiger partial charge in [-0.1, -0.05) is 13.0 Å². The van der Waals surface area contributed by atoms with Gasteiger partial charge >= 0.3 is 0 Å². The van der Waals surface area contributed by atoms with Crippen molar-refractivity contribution >= 4 is 11.7 Å². The van der Waals surface area contributed by atoms with E-state index in [1.807, 2.05) is 36.1 Å². The number of carbonyl (C=O) groups excluding carboxylic acids is 1. The van der Waals surface area contributed by atoms with Crippen molar-refractivity contribution in [3.8, 4) is 22.4 Å². The first kappa shape index (κ1) is 21.9. The summed E-state index contributed by atoms with van der Waals surface area (Å²) >= 11 is 0. The summed E-state index contributed by atoms with van der Waals surface area (Å²) in [6, 6.07) is 10.1. The van der Waals surface area contributed by atoms with Crippen molar-refractivity contribution < 1.29 is 4.79 Å². The topological polar surface area (TPSA) is 88.2 Å². The van der Waals surface area contributed by atoms with Crippen LogP contribution < -0.4 is 5.73 Å². The molecule has 32 heavy (non-hydrogen) atoms. The number of aromatic nitrogens is 3. The van der Waals surface area contributed by atoms with Crippen molar-refractivity contribution in [2.24, 2.45) is 0 Å². The Bertz CT molecular complexity index is 1130. The van der Waals surface area contributed by atoms with Crippen molar-refractivity contribution in [1.82, 2.24) is 24.8 Å². The minimum Gasteiger partial charge on any atom is -0.384 e. The molecule has 2 aromatic heterocycles. The van der Waals surface area contributed by atoms with Gasteiger partial charge in [0.1, 0.15) is 12.1 Å².